The van der Waals surface area contributed by atoms with Gasteiger partial charge in [0, 0.05) is 5.69 Å². The predicted molar refractivity (Wildman–Crippen MR) is 55.1 cm³/mol. The number of hydrogen-bond acceptors (Lipinski definition) is 3. The molecule has 2 N–H and O–H groups in total. The zero-order valence-electron chi connectivity index (χ0n) is 8.60. The van der Waals surface area contributed by atoms with E-state index in [1.807, 2.05) is 0 Å². The summed E-state index contributed by atoms with van der Waals surface area (Å²) in [4.78, 5) is 11.0. The van der Waals surface area contributed by atoms with E-state index in [0.29, 0.717) is 11.4 Å². The Morgan fingerprint density at radius 1 is 1.41 bits per heavy atom. The minimum Gasteiger partial charge on any atom is -0.482 e. The molecule has 7 heteroatoms. The molecule has 4 nitrogen and oxygen atoms in total. The third-order valence-corrected chi connectivity index (χ3v) is 2.11. The van der Waals surface area contributed by atoms with Gasteiger partial charge in [0.1, 0.15) is 12.3 Å². The topological polar surface area (TPSA) is 50.4 Å². The number of alkyl halides is 3. The molecule has 1 aromatic rings. The molecule has 0 radical (unpaired) electrons. The second-order valence-electron chi connectivity index (χ2n) is 3.52. The van der Waals surface area contributed by atoms with Gasteiger partial charge < -0.3 is 15.4 Å². The zero-order chi connectivity index (χ0) is 12.5. The van der Waals surface area contributed by atoms with Crippen LogP contribution < -0.4 is 15.4 Å². The van der Waals surface area contributed by atoms with E-state index in [4.69, 9.17) is 4.74 Å². The fraction of sp³-hybridized carbons (Fsp3) is 0.300. The van der Waals surface area contributed by atoms with Crippen LogP contribution in [0.2, 0.25) is 0 Å². The van der Waals surface area contributed by atoms with Crippen LogP contribution in [0.3, 0.4) is 0 Å². The van der Waals surface area contributed by atoms with Gasteiger partial charge in [-0.25, -0.2) is 0 Å². The Labute approximate surface area is 94.8 Å². The van der Waals surface area contributed by atoms with Crippen molar-refractivity contribution in [2.75, 3.05) is 23.8 Å². The summed E-state index contributed by atoms with van der Waals surface area (Å²) in [7, 11) is 0. The second-order valence-corrected chi connectivity index (χ2v) is 3.52. The van der Waals surface area contributed by atoms with Gasteiger partial charge in [-0.2, -0.15) is 13.2 Å². The monoisotopic (exact) mass is 246 g/mol. The molecule has 17 heavy (non-hydrogen) atoms. The molecule has 1 aliphatic rings. The third-order valence-electron chi connectivity index (χ3n) is 2.11. The first-order valence-corrected chi connectivity index (χ1v) is 4.81. The van der Waals surface area contributed by atoms with Crippen molar-refractivity contribution < 1.29 is 22.7 Å². The summed E-state index contributed by atoms with van der Waals surface area (Å²) in [6, 6.07) is 4.37. The molecule has 0 spiro atoms. The van der Waals surface area contributed by atoms with Crippen molar-refractivity contribution in [3.8, 4) is 5.75 Å². The van der Waals surface area contributed by atoms with Gasteiger partial charge in [-0.05, 0) is 18.2 Å². The standard InChI is InChI=1S/C10H9F3N2O2/c11-10(12,13)5-14-6-1-2-8-7(3-6)15-9(16)4-17-8/h1-3,14H,4-5H2,(H,15,16). The lowest BCUT2D eigenvalue weighted by atomic mass is 10.2. The van der Waals surface area contributed by atoms with Gasteiger partial charge in [-0.1, -0.05) is 0 Å². The molecule has 0 fully saturated rings. The highest BCUT2D eigenvalue weighted by molar-refractivity contribution is 5.95. The Balaban J connectivity index is 2.10. The minimum absolute atomic E-state index is 0.0810. The van der Waals surface area contributed by atoms with Gasteiger partial charge in [0.2, 0.25) is 0 Å². The van der Waals surface area contributed by atoms with Gasteiger partial charge in [0.15, 0.2) is 6.61 Å². The van der Waals surface area contributed by atoms with Crippen LogP contribution in [0.5, 0.6) is 5.75 Å². The highest BCUT2D eigenvalue weighted by Crippen LogP contribution is 2.30. The Kier molecular flexibility index (Phi) is 2.83. The number of carbonyl (C=O) groups is 1. The number of benzene rings is 1. The summed E-state index contributed by atoms with van der Waals surface area (Å²) in [5, 5.41) is 4.73. The van der Waals surface area contributed by atoms with Gasteiger partial charge in [0.25, 0.3) is 5.91 Å². The van der Waals surface area contributed by atoms with Crippen molar-refractivity contribution in [3.63, 3.8) is 0 Å². The largest absolute Gasteiger partial charge is 0.482 e. The minimum atomic E-state index is -4.28. The van der Waals surface area contributed by atoms with Crippen LogP contribution in [-0.4, -0.2) is 25.2 Å². The lowest BCUT2D eigenvalue weighted by molar-refractivity contribution is -0.118. The van der Waals surface area contributed by atoms with E-state index in [2.05, 4.69) is 10.6 Å². The molecule has 0 saturated carbocycles. The average Bonchev–Trinajstić information content (AvgIpc) is 2.24. The van der Waals surface area contributed by atoms with E-state index in [1.165, 1.54) is 18.2 Å². The van der Waals surface area contributed by atoms with Crippen LogP contribution in [0, 0.1) is 0 Å². The van der Waals surface area contributed by atoms with Gasteiger partial charge in [-0.3, -0.25) is 4.79 Å². The van der Waals surface area contributed by atoms with E-state index in [9.17, 15) is 18.0 Å². The van der Waals surface area contributed by atoms with Crippen molar-refractivity contribution in [1.82, 2.24) is 0 Å². The molecule has 2 rings (SSSR count). The van der Waals surface area contributed by atoms with E-state index < -0.39 is 12.7 Å². The number of nitrogens with one attached hydrogen (secondary N) is 2. The fourth-order valence-electron chi connectivity index (χ4n) is 1.40. The molecule has 0 atom stereocenters. The maximum Gasteiger partial charge on any atom is 0.405 e. The normalized spacial score (nSPS) is 14.6. The van der Waals surface area contributed by atoms with Crippen LogP contribution in [0.1, 0.15) is 0 Å². The number of hydrogen-bond donors (Lipinski definition) is 2. The first-order chi connectivity index (χ1) is 7.94. The van der Waals surface area contributed by atoms with E-state index in [1.54, 1.807) is 0 Å². The number of carbonyl (C=O) groups excluding carboxylic acids is 1. The van der Waals surface area contributed by atoms with Crippen LogP contribution in [0.4, 0.5) is 24.5 Å². The molecule has 1 aromatic carbocycles. The molecule has 0 aliphatic carbocycles. The predicted octanol–water partition coefficient (Wildman–Crippen LogP) is 1.99. The molecule has 0 unspecified atom stereocenters. The SMILES string of the molecule is O=C1COc2ccc(NCC(F)(F)F)cc2N1. The first kappa shape index (κ1) is 11.6. The third kappa shape index (κ3) is 3.02. The fourth-order valence-corrected chi connectivity index (χ4v) is 1.40. The van der Waals surface area contributed by atoms with Crippen molar-refractivity contribution in [1.29, 1.82) is 0 Å². The van der Waals surface area contributed by atoms with Crippen LogP contribution >= 0.6 is 0 Å². The molecule has 92 valence electrons. The summed E-state index contributed by atoms with van der Waals surface area (Å²) in [6.45, 7) is -1.21. The maximum atomic E-state index is 12.0. The molecule has 1 aliphatic heterocycles. The lowest BCUT2D eigenvalue weighted by Gasteiger charge is -2.19. The average molecular weight is 246 g/mol. The summed E-state index contributed by atoms with van der Waals surface area (Å²) < 4.78 is 41.0. The van der Waals surface area contributed by atoms with Crippen LogP contribution in [0.15, 0.2) is 18.2 Å². The van der Waals surface area contributed by atoms with Gasteiger partial charge in [0.05, 0.1) is 5.69 Å². The van der Waals surface area contributed by atoms with Gasteiger partial charge in [-0.15, -0.1) is 0 Å². The second kappa shape index (κ2) is 4.15. The van der Waals surface area contributed by atoms with Crippen molar-refractivity contribution >= 4 is 17.3 Å². The summed E-state index contributed by atoms with van der Waals surface area (Å²) >= 11 is 0. The molecular weight excluding hydrogens is 237 g/mol. The number of amides is 1. The lowest BCUT2D eigenvalue weighted by Crippen LogP contribution is -2.25. The molecule has 0 bridgehead atoms. The first-order valence-electron chi connectivity index (χ1n) is 4.81. The number of fused-ring (bicyclic) bond motifs is 1. The van der Waals surface area contributed by atoms with Crippen molar-refractivity contribution in [3.05, 3.63) is 18.2 Å². The Morgan fingerprint density at radius 2 is 2.18 bits per heavy atom. The summed E-state index contributed by atoms with van der Waals surface area (Å²) in [5.41, 5.74) is 0.639. The quantitative estimate of drug-likeness (QED) is 0.839. The molecule has 0 aromatic heterocycles. The highest BCUT2D eigenvalue weighted by atomic mass is 19.4. The number of ether oxygens (including phenoxy) is 1. The molecule has 1 amide bonds. The van der Waals surface area contributed by atoms with Gasteiger partial charge >= 0.3 is 6.18 Å². The maximum absolute atomic E-state index is 12.0. The summed E-state index contributed by atoms with van der Waals surface area (Å²) in [6.07, 6.45) is -4.28. The van der Waals surface area contributed by atoms with E-state index in [0.717, 1.165) is 0 Å². The number of anilines is 2. The molecule has 0 saturated heterocycles. The Bertz CT molecular complexity index is 446. The molecular formula is C10H9F3N2O2. The van der Waals surface area contributed by atoms with Crippen LogP contribution in [-0.2, 0) is 4.79 Å². The van der Waals surface area contributed by atoms with Crippen molar-refractivity contribution in [2.45, 2.75) is 6.18 Å². The molecule has 1 heterocycles. The highest BCUT2D eigenvalue weighted by Gasteiger charge is 2.26. The number of halogens is 3. The van der Waals surface area contributed by atoms with Crippen molar-refractivity contribution in [2.24, 2.45) is 0 Å². The Morgan fingerprint density at radius 3 is 2.88 bits per heavy atom. The number of rotatable bonds is 2. The van der Waals surface area contributed by atoms with E-state index in [-0.39, 0.29) is 18.2 Å². The zero-order valence-corrected chi connectivity index (χ0v) is 8.60. The smallest absolute Gasteiger partial charge is 0.405 e. The van der Waals surface area contributed by atoms with Crippen LogP contribution in [0.25, 0.3) is 0 Å². The Hall–Kier alpha value is -1.92. The summed E-state index contributed by atoms with van der Waals surface area (Å²) in [5.74, 6) is 0.118. The van der Waals surface area contributed by atoms with E-state index >= 15 is 0 Å².